The van der Waals surface area contributed by atoms with Gasteiger partial charge in [0.15, 0.2) is 0 Å². The second-order valence-electron chi connectivity index (χ2n) is 3.54. The number of rotatable bonds is 5. The Morgan fingerprint density at radius 3 is 2.39 bits per heavy atom. The molecule has 0 fully saturated rings. The molecular weight excluding hydrogens is 278 g/mol. The minimum absolute atomic E-state index is 0.123. The lowest BCUT2D eigenvalue weighted by Gasteiger charge is -2.16. The van der Waals surface area contributed by atoms with Gasteiger partial charge in [0.1, 0.15) is 0 Å². The van der Waals surface area contributed by atoms with Crippen molar-refractivity contribution in [1.82, 2.24) is 15.0 Å². The van der Waals surface area contributed by atoms with Gasteiger partial charge in [-0.25, -0.2) is 8.78 Å². The number of nitrogens with one attached hydrogen (secondary N) is 1. The molecule has 1 N–H and O–H groups in total. The van der Waals surface area contributed by atoms with E-state index in [-0.39, 0.29) is 17.2 Å². The maximum Gasteiger partial charge on any atom is 0.324 e. The molecular formula is C8H10ClF4N5. The van der Waals surface area contributed by atoms with Gasteiger partial charge in [0, 0.05) is 14.1 Å². The Hall–Kier alpha value is -1.38. The molecule has 1 rings (SSSR count). The lowest BCUT2D eigenvalue weighted by Crippen LogP contribution is -2.35. The summed E-state index contributed by atoms with van der Waals surface area (Å²) >= 11 is 5.54. The molecule has 0 radical (unpaired) electrons. The van der Waals surface area contributed by atoms with E-state index in [0.29, 0.717) is 0 Å². The van der Waals surface area contributed by atoms with Crippen molar-refractivity contribution in [2.24, 2.45) is 0 Å². The van der Waals surface area contributed by atoms with Crippen molar-refractivity contribution < 1.29 is 17.6 Å². The van der Waals surface area contributed by atoms with E-state index >= 15 is 0 Å². The highest BCUT2D eigenvalue weighted by molar-refractivity contribution is 6.28. The summed E-state index contributed by atoms with van der Waals surface area (Å²) in [7, 11) is 3.20. The highest BCUT2D eigenvalue weighted by Gasteiger charge is 2.40. The third-order valence-corrected chi connectivity index (χ3v) is 1.97. The van der Waals surface area contributed by atoms with E-state index in [4.69, 9.17) is 11.6 Å². The molecule has 0 saturated heterocycles. The molecule has 0 amide bonds. The third kappa shape index (κ3) is 3.83. The zero-order valence-corrected chi connectivity index (χ0v) is 10.2. The molecule has 0 atom stereocenters. The first-order valence-electron chi connectivity index (χ1n) is 4.71. The monoisotopic (exact) mass is 287 g/mol. The molecule has 0 aliphatic heterocycles. The maximum absolute atomic E-state index is 12.7. The van der Waals surface area contributed by atoms with Gasteiger partial charge in [-0.15, -0.1) is 0 Å². The van der Waals surface area contributed by atoms with Gasteiger partial charge in [-0.2, -0.15) is 23.7 Å². The summed E-state index contributed by atoms with van der Waals surface area (Å²) in [6.07, 6.45) is -3.77. The van der Waals surface area contributed by atoms with Crippen molar-refractivity contribution in [2.75, 3.05) is 30.9 Å². The van der Waals surface area contributed by atoms with E-state index in [1.54, 1.807) is 14.1 Å². The molecule has 0 aliphatic carbocycles. The average molecular weight is 288 g/mol. The quantitative estimate of drug-likeness (QED) is 0.838. The fourth-order valence-electron chi connectivity index (χ4n) is 0.893. The van der Waals surface area contributed by atoms with Crippen LogP contribution >= 0.6 is 11.6 Å². The molecule has 0 bridgehead atoms. The van der Waals surface area contributed by atoms with Gasteiger partial charge < -0.3 is 10.2 Å². The summed E-state index contributed by atoms with van der Waals surface area (Å²) in [5.41, 5.74) is 0. The van der Waals surface area contributed by atoms with E-state index in [1.807, 2.05) is 5.32 Å². The minimum Gasteiger partial charge on any atom is -0.348 e. The van der Waals surface area contributed by atoms with Gasteiger partial charge in [0.05, 0.1) is 6.54 Å². The molecule has 0 saturated carbocycles. The van der Waals surface area contributed by atoms with Gasteiger partial charge in [-0.05, 0) is 11.6 Å². The summed E-state index contributed by atoms with van der Waals surface area (Å²) in [4.78, 5) is 12.4. The van der Waals surface area contributed by atoms with E-state index in [0.717, 1.165) is 0 Å². The largest absolute Gasteiger partial charge is 0.348 e. The molecule has 18 heavy (non-hydrogen) atoms. The molecule has 5 nitrogen and oxygen atoms in total. The van der Waals surface area contributed by atoms with Crippen LogP contribution in [-0.4, -0.2) is 47.9 Å². The van der Waals surface area contributed by atoms with E-state index < -0.39 is 18.9 Å². The van der Waals surface area contributed by atoms with Crippen LogP contribution in [0.5, 0.6) is 0 Å². The van der Waals surface area contributed by atoms with Crippen LogP contribution in [0, 0.1) is 0 Å². The third-order valence-electron chi connectivity index (χ3n) is 1.80. The van der Waals surface area contributed by atoms with Crippen LogP contribution in [0.25, 0.3) is 0 Å². The molecule has 0 aromatic carbocycles. The van der Waals surface area contributed by atoms with Crippen molar-refractivity contribution in [1.29, 1.82) is 0 Å². The van der Waals surface area contributed by atoms with Crippen LogP contribution in [0.15, 0.2) is 0 Å². The topological polar surface area (TPSA) is 53.9 Å². The van der Waals surface area contributed by atoms with E-state index in [9.17, 15) is 17.6 Å². The lowest BCUT2D eigenvalue weighted by atomic mass is 10.3. The number of nitrogens with zero attached hydrogens (tertiary/aromatic N) is 4. The molecule has 0 unspecified atom stereocenters. The van der Waals surface area contributed by atoms with Gasteiger partial charge >= 0.3 is 12.3 Å². The molecule has 102 valence electrons. The van der Waals surface area contributed by atoms with Crippen LogP contribution < -0.4 is 10.2 Å². The number of hydrogen-bond donors (Lipinski definition) is 1. The van der Waals surface area contributed by atoms with Gasteiger partial charge in [0.2, 0.25) is 17.2 Å². The van der Waals surface area contributed by atoms with Crippen molar-refractivity contribution >= 4 is 23.5 Å². The predicted octanol–water partition coefficient (Wildman–Crippen LogP) is 1.90. The second kappa shape index (κ2) is 5.51. The Bertz CT molecular complexity index is 414. The molecule has 1 aromatic rings. The number of halogens is 5. The lowest BCUT2D eigenvalue weighted by molar-refractivity contribution is -0.117. The van der Waals surface area contributed by atoms with E-state index in [2.05, 4.69) is 15.0 Å². The van der Waals surface area contributed by atoms with Gasteiger partial charge in [-0.1, -0.05) is 0 Å². The summed E-state index contributed by atoms with van der Waals surface area (Å²) in [5.74, 6) is -4.34. The van der Waals surface area contributed by atoms with Crippen molar-refractivity contribution in [3.05, 3.63) is 5.28 Å². The number of alkyl halides is 4. The standard InChI is InChI=1S/C8H10ClF4N5/c1-18(2)7-16-5(9)15-6(17-7)14-3-8(12,13)4(10)11/h4H,3H2,1-2H3,(H,14,15,16,17). The Kier molecular flexibility index (Phi) is 4.49. The first-order valence-corrected chi connectivity index (χ1v) is 5.09. The summed E-state index contributed by atoms with van der Waals surface area (Å²) in [6, 6.07) is 0. The zero-order chi connectivity index (χ0) is 13.9. The fourth-order valence-corrected chi connectivity index (χ4v) is 1.05. The Labute approximate surface area is 105 Å². The van der Waals surface area contributed by atoms with Crippen LogP contribution in [0.3, 0.4) is 0 Å². The predicted molar refractivity (Wildman–Crippen MR) is 58.6 cm³/mol. The Morgan fingerprint density at radius 1 is 1.28 bits per heavy atom. The SMILES string of the molecule is CN(C)c1nc(Cl)nc(NCC(F)(F)C(F)F)n1. The smallest absolute Gasteiger partial charge is 0.324 e. The molecule has 0 aliphatic rings. The Balaban J connectivity index is 2.79. The highest BCUT2D eigenvalue weighted by atomic mass is 35.5. The molecule has 1 heterocycles. The zero-order valence-electron chi connectivity index (χ0n) is 9.46. The fraction of sp³-hybridized carbons (Fsp3) is 0.625. The average Bonchev–Trinajstić information content (AvgIpc) is 2.25. The van der Waals surface area contributed by atoms with Crippen LogP contribution in [0.2, 0.25) is 5.28 Å². The van der Waals surface area contributed by atoms with Crippen LogP contribution in [0.1, 0.15) is 0 Å². The number of hydrogen-bond acceptors (Lipinski definition) is 5. The first-order chi connectivity index (χ1) is 8.22. The summed E-state index contributed by atoms with van der Waals surface area (Å²) in [5, 5.41) is 1.77. The number of anilines is 2. The summed E-state index contributed by atoms with van der Waals surface area (Å²) < 4.78 is 49.2. The maximum atomic E-state index is 12.7. The number of aromatic nitrogens is 3. The van der Waals surface area contributed by atoms with Crippen molar-refractivity contribution in [2.45, 2.75) is 12.3 Å². The minimum atomic E-state index is -4.17. The molecule has 0 spiro atoms. The second-order valence-corrected chi connectivity index (χ2v) is 3.88. The first kappa shape index (κ1) is 14.7. The van der Waals surface area contributed by atoms with Crippen molar-refractivity contribution in [3.63, 3.8) is 0 Å². The Morgan fingerprint density at radius 2 is 1.89 bits per heavy atom. The van der Waals surface area contributed by atoms with Gasteiger partial charge in [-0.3, -0.25) is 0 Å². The highest BCUT2D eigenvalue weighted by Crippen LogP contribution is 2.23. The summed E-state index contributed by atoms with van der Waals surface area (Å²) in [6.45, 7) is -1.29. The van der Waals surface area contributed by atoms with Gasteiger partial charge in [0.25, 0.3) is 0 Å². The van der Waals surface area contributed by atoms with Crippen molar-refractivity contribution in [3.8, 4) is 0 Å². The molecule has 10 heteroatoms. The van der Waals surface area contributed by atoms with E-state index in [1.165, 1.54) is 4.90 Å². The van der Waals surface area contributed by atoms with Crippen LogP contribution in [0.4, 0.5) is 29.5 Å². The normalized spacial score (nSPS) is 11.8. The van der Waals surface area contributed by atoms with Crippen LogP contribution in [-0.2, 0) is 0 Å². The molecule has 1 aromatic heterocycles.